The fraction of sp³-hybridized carbons (Fsp3) is 0.421. The second kappa shape index (κ2) is 8.57. The lowest BCUT2D eigenvalue weighted by Gasteiger charge is -2.16. The lowest BCUT2D eigenvalue weighted by molar-refractivity contribution is -0.118. The molecular weight excluding hydrogens is 348 g/mol. The van der Waals surface area contributed by atoms with Crippen molar-refractivity contribution >= 4 is 17.5 Å². The number of methoxy groups -OCH3 is 2. The molecule has 1 aromatic heterocycles. The third-order valence-electron chi connectivity index (χ3n) is 4.24. The molecule has 1 N–H and O–H groups in total. The topological polar surface area (TPSA) is 85.8 Å². The van der Waals surface area contributed by atoms with Crippen molar-refractivity contribution in [3.05, 3.63) is 30.0 Å². The maximum absolute atomic E-state index is 12.3. The van der Waals surface area contributed by atoms with E-state index in [-0.39, 0.29) is 12.5 Å². The van der Waals surface area contributed by atoms with Gasteiger partial charge in [-0.1, -0.05) is 0 Å². The van der Waals surface area contributed by atoms with E-state index in [4.69, 9.17) is 14.2 Å². The summed E-state index contributed by atoms with van der Waals surface area (Å²) in [5, 5.41) is 2.77. The van der Waals surface area contributed by atoms with Gasteiger partial charge in [0.2, 0.25) is 11.8 Å². The van der Waals surface area contributed by atoms with Crippen LogP contribution in [-0.2, 0) is 4.79 Å². The van der Waals surface area contributed by atoms with Gasteiger partial charge in [0, 0.05) is 30.9 Å². The predicted octanol–water partition coefficient (Wildman–Crippen LogP) is 2.42. The summed E-state index contributed by atoms with van der Waals surface area (Å²) in [4.78, 5) is 23.3. The maximum atomic E-state index is 12.3. The van der Waals surface area contributed by atoms with E-state index < -0.39 is 0 Å². The van der Waals surface area contributed by atoms with E-state index in [9.17, 15) is 4.79 Å². The zero-order chi connectivity index (χ0) is 19.2. The molecule has 3 rings (SSSR count). The summed E-state index contributed by atoms with van der Waals surface area (Å²) in [5.74, 6) is 1.89. The number of nitrogens with one attached hydrogen (secondary N) is 1. The van der Waals surface area contributed by atoms with Crippen molar-refractivity contribution in [3.63, 3.8) is 0 Å². The number of hydrogen-bond acceptors (Lipinski definition) is 7. The second-order valence-corrected chi connectivity index (χ2v) is 6.24. The highest BCUT2D eigenvalue weighted by molar-refractivity contribution is 5.93. The Labute approximate surface area is 158 Å². The van der Waals surface area contributed by atoms with Crippen LogP contribution >= 0.6 is 0 Å². The average Bonchev–Trinajstić information content (AvgIpc) is 3.21. The monoisotopic (exact) mass is 372 g/mol. The Bertz CT molecular complexity index is 806. The molecule has 0 atom stereocenters. The number of aryl methyl sites for hydroxylation is 1. The number of ether oxygens (including phenoxy) is 3. The normalized spacial score (nSPS) is 13.4. The molecule has 0 spiro atoms. The number of carbonyl (C=O) groups excluding carboxylic acids is 1. The van der Waals surface area contributed by atoms with Crippen LogP contribution in [0.25, 0.3) is 0 Å². The first-order chi connectivity index (χ1) is 13.1. The number of carbonyl (C=O) groups is 1. The van der Waals surface area contributed by atoms with Crippen LogP contribution in [0, 0.1) is 6.92 Å². The van der Waals surface area contributed by atoms with Crippen molar-refractivity contribution in [2.24, 2.45) is 0 Å². The van der Waals surface area contributed by atoms with Crippen LogP contribution in [-0.4, -0.2) is 49.8 Å². The Morgan fingerprint density at radius 1 is 1.15 bits per heavy atom. The van der Waals surface area contributed by atoms with E-state index in [1.807, 2.05) is 6.92 Å². The molecule has 8 heteroatoms. The average molecular weight is 372 g/mol. The van der Waals surface area contributed by atoms with Gasteiger partial charge in [-0.3, -0.25) is 4.79 Å². The van der Waals surface area contributed by atoms with Gasteiger partial charge < -0.3 is 24.4 Å². The van der Waals surface area contributed by atoms with Crippen LogP contribution in [0.15, 0.2) is 24.3 Å². The molecule has 2 aromatic rings. The Morgan fingerprint density at radius 3 is 2.63 bits per heavy atom. The molecule has 1 aliphatic rings. The summed E-state index contributed by atoms with van der Waals surface area (Å²) >= 11 is 0. The number of rotatable bonds is 7. The van der Waals surface area contributed by atoms with Gasteiger partial charge in [-0.15, -0.1) is 0 Å². The zero-order valence-electron chi connectivity index (χ0n) is 15.8. The molecule has 1 aliphatic heterocycles. The fourth-order valence-corrected chi connectivity index (χ4v) is 2.88. The predicted molar refractivity (Wildman–Crippen MR) is 102 cm³/mol. The molecule has 0 unspecified atom stereocenters. The first kappa shape index (κ1) is 18.8. The van der Waals surface area contributed by atoms with E-state index in [0.717, 1.165) is 31.6 Å². The molecule has 1 amide bonds. The molecule has 2 heterocycles. The van der Waals surface area contributed by atoms with E-state index in [0.29, 0.717) is 29.0 Å². The van der Waals surface area contributed by atoms with Crippen LogP contribution in [0.5, 0.6) is 17.4 Å². The highest BCUT2D eigenvalue weighted by atomic mass is 16.5. The highest BCUT2D eigenvalue weighted by Crippen LogP contribution is 2.29. The molecule has 1 aromatic carbocycles. The largest absolute Gasteiger partial charge is 0.497 e. The van der Waals surface area contributed by atoms with Crippen molar-refractivity contribution in [3.8, 4) is 17.4 Å². The molecule has 1 saturated heterocycles. The number of anilines is 2. The summed E-state index contributed by atoms with van der Waals surface area (Å²) in [6.07, 6.45) is 2.28. The quantitative estimate of drug-likeness (QED) is 0.799. The van der Waals surface area contributed by atoms with Gasteiger partial charge in [0.25, 0.3) is 5.91 Å². The first-order valence-electron chi connectivity index (χ1n) is 8.84. The molecular formula is C19H24N4O4. The van der Waals surface area contributed by atoms with E-state index >= 15 is 0 Å². The number of hydrogen-bond donors (Lipinski definition) is 1. The summed E-state index contributed by atoms with van der Waals surface area (Å²) in [5.41, 5.74) is 1.35. The summed E-state index contributed by atoms with van der Waals surface area (Å²) in [6, 6.07) is 6.89. The van der Waals surface area contributed by atoms with Crippen molar-refractivity contribution < 1.29 is 19.0 Å². The van der Waals surface area contributed by atoms with Gasteiger partial charge in [0.1, 0.15) is 11.5 Å². The number of nitrogens with zero attached hydrogens (tertiary/aromatic N) is 3. The Balaban J connectivity index is 1.62. The lowest BCUT2D eigenvalue weighted by Crippen LogP contribution is -2.23. The maximum Gasteiger partial charge on any atom is 0.262 e. The standard InChI is InChI=1S/C19H24N4O4/c1-13-10-18(22-19(20-13)23-8-4-5-9-23)27-12-17(24)21-15-7-6-14(25-2)11-16(15)26-3/h6-7,10-11H,4-5,8-9,12H2,1-3H3,(H,21,24). The summed E-state index contributed by atoms with van der Waals surface area (Å²) in [6.45, 7) is 3.61. The summed E-state index contributed by atoms with van der Waals surface area (Å²) < 4.78 is 16.0. The highest BCUT2D eigenvalue weighted by Gasteiger charge is 2.17. The fourth-order valence-electron chi connectivity index (χ4n) is 2.88. The minimum atomic E-state index is -0.308. The molecule has 0 saturated carbocycles. The minimum absolute atomic E-state index is 0.162. The Kier molecular flexibility index (Phi) is 5.95. The van der Waals surface area contributed by atoms with Crippen molar-refractivity contribution in [2.75, 3.05) is 44.1 Å². The van der Waals surface area contributed by atoms with Gasteiger partial charge in [0.15, 0.2) is 6.61 Å². The number of aromatic nitrogens is 2. The zero-order valence-corrected chi connectivity index (χ0v) is 15.8. The van der Waals surface area contributed by atoms with Gasteiger partial charge in [0.05, 0.1) is 19.9 Å². The van der Waals surface area contributed by atoms with Crippen LogP contribution < -0.4 is 24.4 Å². The van der Waals surface area contributed by atoms with Crippen LogP contribution in [0.2, 0.25) is 0 Å². The molecule has 0 radical (unpaired) electrons. The lowest BCUT2D eigenvalue weighted by atomic mass is 10.2. The molecule has 144 valence electrons. The van der Waals surface area contributed by atoms with Crippen LogP contribution in [0.4, 0.5) is 11.6 Å². The van der Waals surface area contributed by atoms with Gasteiger partial charge in [-0.25, -0.2) is 4.98 Å². The van der Waals surface area contributed by atoms with Crippen LogP contribution in [0.3, 0.4) is 0 Å². The van der Waals surface area contributed by atoms with Crippen molar-refractivity contribution in [2.45, 2.75) is 19.8 Å². The Hall–Kier alpha value is -3.03. The smallest absolute Gasteiger partial charge is 0.262 e. The van der Waals surface area contributed by atoms with Crippen molar-refractivity contribution in [1.29, 1.82) is 0 Å². The van der Waals surface area contributed by atoms with Gasteiger partial charge in [-0.2, -0.15) is 4.98 Å². The molecule has 0 aliphatic carbocycles. The molecule has 0 bridgehead atoms. The number of benzene rings is 1. The third kappa shape index (κ3) is 4.78. The molecule has 8 nitrogen and oxygen atoms in total. The van der Waals surface area contributed by atoms with E-state index in [1.165, 1.54) is 7.11 Å². The SMILES string of the molecule is COc1ccc(NC(=O)COc2cc(C)nc(N3CCCC3)n2)c(OC)c1. The molecule has 27 heavy (non-hydrogen) atoms. The van der Waals surface area contributed by atoms with E-state index in [1.54, 1.807) is 31.4 Å². The first-order valence-corrected chi connectivity index (χ1v) is 8.84. The van der Waals surface area contributed by atoms with E-state index in [2.05, 4.69) is 20.2 Å². The van der Waals surface area contributed by atoms with Gasteiger partial charge in [-0.05, 0) is 31.9 Å². The summed E-state index contributed by atoms with van der Waals surface area (Å²) in [7, 11) is 3.10. The second-order valence-electron chi connectivity index (χ2n) is 6.24. The van der Waals surface area contributed by atoms with Crippen LogP contribution in [0.1, 0.15) is 18.5 Å². The Morgan fingerprint density at radius 2 is 1.93 bits per heavy atom. The number of amides is 1. The van der Waals surface area contributed by atoms with Gasteiger partial charge >= 0.3 is 0 Å². The third-order valence-corrected chi connectivity index (χ3v) is 4.24. The minimum Gasteiger partial charge on any atom is -0.497 e. The van der Waals surface area contributed by atoms with Crippen molar-refractivity contribution in [1.82, 2.24) is 9.97 Å². The molecule has 1 fully saturated rings.